The fourth-order valence-corrected chi connectivity index (χ4v) is 3.67. The number of halogens is 4. The molecule has 1 N–H and O–H groups in total. The molecule has 0 saturated carbocycles. The number of anilines is 1. The highest BCUT2D eigenvalue weighted by Gasteiger charge is 2.31. The van der Waals surface area contributed by atoms with Crippen LogP contribution in [-0.2, 0) is 12.7 Å². The maximum Gasteiger partial charge on any atom is 0.416 e. The summed E-state index contributed by atoms with van der Waals surface area (Å²) in [7, 11) is 0. The van der Waals surface area contributed by atoms with Crippen molar-refractivity contribution >= 4 is 34.6 Å². The summed E-state index contributed by atoms with van der Waals surface area (Å²) >= 11 is 11.7. The Morgan fingerprint density at radius 1 is 1.28 bits per heavy atom. The fraction of sp³-hybridized carbons (Fsp3) is 0.333. The summed E-state index contributed by atoms with van der Waals surface area (Å²) in [5.41, 5.74) is 0.341. The van der Waals surface area contributed by atoms with E-state index in [0.717, 1.165) is 37.0 Å². The molecule has 0 radical (unpaired) electrons. The number of alkyl halides is 3. The first-order valence-corrected chi connectivity index (χ1v) is 10.1. The minimum atomic E-state index is -4.45. The summed E-state index contributed by atoms with van der Waals surface area (Å²) in [6.07, 6.45) is 6.35. The molecule has 0 fully saturated rings. The minimum absolute atomic E-state index is 0.145. The quantitative estimate of drug-likeness (QED) is 0.436. The number of allylic oxidation sites excluding steroid dienone is 2. The van der Waals surface area contributed by atoms with Crippen molar-refractivity contribution in [3.8, 4) is 0 Å². The first-order chi connectivity index (χ1) is 13.8. The second-order valence-corrected chi connectivity index (χ2v) is 7.81. The standard InChI is InChI=1S/C21H21ClF3N3S/c22-18-9-8-17(21(23,24)25)11-19(18)27-20(29)28(13-15-5-2-1-3-6-15)14-16-7-4-10-26-12-16/h1-2,4,7-12,15H,3,5-6,13-14H2,(H,27,29). The van der Waals surface area contributed by atoms with Gasteiger partial charge < -0.3 is 10.2 Å². The van der Waals surface area contributed by atoms with E-state index in [9.17, 15) is 13.2 Å². The summed E-state index contributed by atoms with van der Waals surface area (Å²) in [5.74, 6) is 0.424. The van der Waals surface area contributed by atoms with Gasteiger partial charge in [-0.05, 0) is 67.2 Å². The molecular weight excluding hydrogens is 419 g/mol. The largest absolute Gasteiger partial charge is 0.416 e. The monoisotopic (exact) mass is 439 g/mol. The van der Waals surface area contributed by atoms with Crippen molar-refractivity contribution in [2.45, 2.75) is 32.0 Å². The number of nitrogens with zero attached hydrogens (tertiary/aromatic N) is 2. The van der Waals surface area contributed by atoms with Crippen molar-refractivity contribution in [2.75, 3.05) is 11.9 Å². The molecule has 0 saturated heterocycles. The van der Waals surface area contributed by atoms with Gasteiger partial charge in [-0.15, -0.1) is 0 Å². The van der Waals surface area contributed by atoms with Gasteiger partial charge in [0, 0.05) is 25.5 Å². The van der Waals surface area contributed by atoms with Crippen molar-refractivity contribution in [3.63, 3.8) is 0 Å². The average molecular weight is 440 g/mol. The summed E-state index contributed by atoms with van der Waals surface area (Å²) in [4.78, 5) is 6.10. The van der Waals surface area contributed by atoms with Crippen LogP contribution >= 0.6 is 23.8 Å². The highest BCUT2D eigenvalue weighted by atomic mass is 35.5. The van der Waals surface area contributed by atoms with Crippen LogP contribution in [0.2, 0.25) is 5.02 Å². The van der Waals surface area contributed by atoms with Gasteiger partial charge in [-0.2, -0.15) is 13.2 Å². The third-order valence-corrected chi connectivity index (χ3v) is 5.46. The molecule has 1 unspecified atom stereocenters. The van der Waals surface area contributed by atoms with E-state index in [0.29, 0.717) is 24.1 Å². The molecule has 1 aliphatic carbocycles. The number of pyridine rings is 1. The third-order valence-electron chi connectivity index (χ3n) is 4.77. The van der Waals surface area contributed by atoms with Gasteiger partial charge in [0.05, 0.1) is 16.3 Å². The molecule has 3 nitrogen and oxygen atoms in total. The van der Waals surface area contributed by atoms with Crippen LogP contribution in [0.4, 0.5) is 18.9 Å². The molecule has 1 aromatic heterocycles. The Hall–Kier alpha value is -2.12. The number of hydrogen-bond donors (Lipinski definition) is 1. The van der Waals surface area contributed by atoms with Gasteiger partial charge in [-0.3, -0.25) is 4.98 Å². The number of thiocarbonyl (C=S) groups is 1. The van der Waals surface area contributed by atoms with E-state index in [1.54, 1.807) is 12.4 Å². The summed E-state index contributed by atoms with van der Waals surface area (Å²) < 4.78 is 39.2. The van der Waals surface area contributed by atoms with Gasteiger partial charge in [0.1, 0.15) is 0 Å². The second kappa shape index (κ2) is 9.59. The van der Waals surface area contributed by atoms with Crippen LogP contribution in [0.3, 0.4) is 0 Å². The van der Waals surface area contributed by atoms with Gasteiger partial charge >= 0.3 is 6.18 Å². The molecule has 0 bridgehead atoms. The SMILES string of the molecule is FC(F)(F)c1ccc(Cl)c(NC(=S)N(Cc2cccnc2)CC2CC=CCC2)c1. The normalized spacial score (nSPS) is 16.5. The second-order valence-electron chi connectivity index (χ2n) is 7.01. The molecule has 1 atom stereocenters. The summed E-state index contributed by atoms with van der Waals surface area (Å²) in [6, 6.07) is 6.96. The van der Waals surface area contributed by atoms with Crippen molar-refractivity contribution in [1.82, 2.24) is 9.88 Å². The van der Waals surface area contributed by atoms with Crippen molar-refractivity contribution in [3.05, 3.63) is 71.0 Å². The maximum absolute atomic E-state index is 13.1. The zero-order chi connectivity index (χ0) is 20.9. The molecule has 0 spiro atoms. The predicted molar refractivity (Wildman–Crippen MR) is 114 cm³/mol. The van der Waals surface area contributed by atoms with Crippen LogP contribution in [0.25, 0.3) is 0 Å². The lowest BCUT2D eigenvalue weighted by Gasteiger charge is -2.31. The van der Waals surface area contributed by atoms with E-state index in [2.05, 4.69) is 22.5 Å². The number of hydrogen-bond acceptors (Lipinski definition) is 2. The summed E-state index contributed by atoms with van der Waals surface area (Å²) in [6.45, 7) is 1.21. The van der Waals surface area contributed by atoms with Crippen LogP contribution in [0.5, 0.6) is 0 Å². The van der Waals surface area contributed by atoms with E-state index in [1.807, 2.05) is 17.0 Å². The van der Waals surface area contributed by atoms with E-state index in [1.165, 1.54) is 6.07 Å². The number of nitrogens with one attached hydrogen (secondary N) is 1. The molecule has 29 heavy (non-hydrogen) atoms. The van der Waals surface area contributed by atoms with Gasteiger partial charge in [0.25, 0.3) is 0 Å². The Labute approximate surface area is 178 Å². The molecule has 1 heterocycles. The lowest BCUT2D eigenvalue weighted by Crippen LogP contribution is -2.38. The molecule has 8 heteroatoms. The van der Waals surface area contributed by atoms with E-state index in [4.69, 9.17) is 23.8 Å². The number of benzene rings is 1. The Morgan fingerprint density at radius 2 is 2.10 bits per heavy atom. The molecule has 154 valence electrons. The average Bonchev–Trinajstić information content (AvgIpc) is 2.70. The van der Waals surface area contributed by atoms with Crippen molar-refractivity contribution in [2.24, 2.45) is 5.92 Å². The fourth-order valence-electron chi connectivity index (χ4n) is 3.26. The van der Waals surface area contributed by atoms with Crippen LogP contribution in [0, 0.1) is 5.92 Å². The van der Waals surface area contributed by atoms with Crippen LogP contribution in [0.15, 0.2) is 54.9 Å². The van der Waals surface area contributed by atoms with Gasteiger partial charge in [0.2, 0.25) is 0 Å². The van der Waals surface area contributed by atoms with Gasteiger partial charge in [-0.1, -0.05) is 29.8 Å². The van der Waals surface area contributed by atoms with E-state index >= 15 is 0 Å². The first-order valence-electron chi connectivity index (χ1n) is 9.29. The zero-order valence-corrected chi connectivity index (χ0v) is 17.2. The molecule has 1 aromatic carbocycles. The summed E-state index contributed by atoms with van der Waals surface area (Å²) in [5, 5.41) is 3.44. The van der Waals surface area contributed by atoms with Crippen molar-refractivity contribution < 1.29 is 13.2 Å². The maximum atomic E-state index is 13.1. The van der Waals surface area contributed by atoms with Crippen LogP contribution in [-0.4, -0.2) is 21.5 Å². The van der Waals surface area contributed by atoms with Crippen molar-refractivity contribution in [1.29, 1.82) is 0 Å². The Kier molecular flexibility index (Phi) is 7.14. The van der Waals surface area contributed by atoms with E-state index in [-0.39, 0.29) is 10.7 Å². The number of aromatic nitrogens is 1. The molecule has 2 aromatic rings. The topological polar surface area (TPSA) is 28.2 Å². The Balaban J connectivity index is 1.79. The molecule has 3 rings (SSSR count). The highest BCUT2D eigenvalue weighted by molar-refractivity contribution is 7.80. The first kappa shape index (κ1) is 21.6. The molecule has 0 aliphatic heterocycles. The number of rotatable bonds is 5. The predicted octanol–water partition coefficient (Wildman–Crippen LogP) is 6.31. The van der Waals surface area contributed by atoms with Crippen LogP contribution in [0.1, 0.15) is 30.4 Å². The molecular formula is C21H21ClF3N3S. The van der Waals surface area contributed by atoms with Crippen LogP contribution < -0.4 is 5.32 Å². The Morgan fingerprint density at radius 3 is 2.76 bits per heavy atom. The lowest BCUT2D eigenvalue weighted by molar-refractivity contribution is -0.137. The van der Waals surface area contributed by atoms with Gasteiger partial charge in [-0.25, -0.2) is 0 Å². The van der Waals surface area contributed by atoms with Gasteiger partial charge in [0.15, 0.2) is 5.11 Å². The molecule has 1 aliphatic rings. The third kappa shape index (κ3) is 6.18. The zero-order valence-electron chi connectivity index (χ0n) is 15.6. The van der Waals surface area contributed by atoms with E-state index < -0.39 is 11.7 Å². The highest BCUT2D eigenvalue weighted by Crippen LogP contribution is 2.34. The lowest BCUT2D eigenvalue weighted by atomic mass is 9.94. The minimum Gasteiger partial charge on any atom is -0.344 e. The molecule has 0 amide bonds. The Bertz CT molecular complexity index is 871. The smallest absolute Gasteiger partial charge is 0.344 e.